The van der Waals surface area contributed by atoms with Gasteiger partial charge in [-0.3, -0.25) is 0 Å². The van der Waals surface area contributed by atoms with Gasteiger partial charge in [-0.05, 0) is 25.3 Å². The van der Waals surface area contributed by atoms with Crippen LogP contribution in [0.4, 0.5) is 0 Å². The van der Waals surface area contributed by atoms with E-state index in [1.807, 2.05) is 13.0 Å². The predicted octanol–water partition coefficient (Wildman–Crippen LogP) is 4.71. The Hall–Kier alpha value is -1.05. The molecule has 2 heteroatoms. The smallest absolute Gasteiger partial charge is 0.328 e. The van der Waals surface area contributed by atoms with Crippen LogP contribution in [0.15, 0.2) is 23.8 Å². The van der Waals surface area contributed by atoms with E-state index in [-0.39, 0.29) is 0 Å². The van der Waals surface area contributed by atoms with Crippen molar-refractivity contribution in [3.8, 4) is 0 Å². The molecule has 0 spiro atoms. The summed E-state index contributed by atoms with van der Waals surface area (Å²) >= 11 is 0. The van der Waals surface area contributed by atoms with Gasteiger partial charge in [-0.25, -0.2) is 4.79 Å². The van der Waals surface area contributed by atoms with Crippen molar-refractivity contribution in [2.24, 2.45) is 0 Å². The lowest BCUT2D eigenvalue weighted by molar-refractivity contribution is -0.131. The second-order valence-electron chi connectivity index (χ2n) is 4.54. The van der Waals surface area contributed by atoms with Crippen molar-refractivity contribution in [1.29, 1.82) is 0 Å². The lowest BCUT2D eigenvalue weighted by atomic mass is 10.1. The van der Waals surface area contributed by atoms with E-state index in [9.17, 15) is 4.79 Å². The van der Waals surface area contributed by atoms with Gasteiger partial charge in [-0.1, -0.05) is 57.6 Å². The normalized spacial score (nSPS) is 12.2. The number of hydrogen-bond donors (Lipinski definition) is 1. The van der Waals surface area contributed by atoms with Gasteiger partial charge in [0, 0.05) is 6.08 Å². The SMILES string of the molecule is CCCCCCCCC/C=C/C(C)=C\C(=O)O. The van der Waals surface area contributed by atoms with E-state index in [4.69, 9.17) is 5.11 Å². The van der Waals surface area contributed by atoms with Crippen LogP contribution in [0.1, 0.15) is 65.2 Å². The Labute approximate surface area is 105 Å². The molecule has 0 aliphatic carbocycles. The summed E-state index contributed by atoms with van der Waals surface area (Å²) in [6.45, 7) is 4.05. The zero-order valence-corrected chi connectivity index (χ0v) is 11.2. The molecule has 0 atom stereocenters. The number of carboxylic acids is 1. The van der Waals surface area contributed by atoms with Gasteiger partial charge < -0.3 is 5.11 Å². The summed E-state index contributed by atoms with van der Waals surface area (Å²) in [4.78, 5) is 10.4. The second-order valence-corrected chi connectivity index (χ2v) is 4.54. The molecule has 2 nitrogen and oxygen atoms in total. The van der Waals surface area contributed by atoms with Crippen LogP contribution in [0, 0.1) is 0 Å². The third kappa shape index (κ3) is 12.9. The van der Waals surface area contributed by atoms with E-state index in [2.05, 4.69) is 13.0 Å². The topological polar surface area (TPSA) is 37.3 Å². The van der Waals surface area contributed by atoms with Crippen LogP contribution < -0.4 is 0 Å². The van der Waals surface area contributed by atoms with Crippen molar-refractivity contribution in [3.63, 3.8) is 0 Å². The Kier molecular flexibility index (Phi) is 10.7. The number of rotatable bonds is 10. The molecule has 0 bridgehead atoms. The molecule has 0 saturated carbocycles. The first-order chi connectivity index (χ1) is 8.16. The molecule has 0 rings (SSSR count). The van der Waals surface area contributed by atoms with Crippen molar-refractivity contribution < 1.29 is 9.90 Å². The lowest BCUT2D eigenvalue weighted by Crippen LogP contribution is -1.87. The van der Waals surface area contributed by atoms with Crippen molar-refractivity contribution in [2.75, 3.05) is 0 Å². The zero-order chi connectivity index (χ0) is 12.9. The standard InChI is InChI=1S/C15H26O2/c1-3-4-5-6-7-8-9-10-11-12-14(2)13-15(16)17/h11-13H,3-10H2,1-2H3,(H,16,17)/b12-11+,14-13-. The molecular formula is C15H26O2. The second kappa shape index (κ2) is 11.4. The van der Waals surface area contributed by atoms with Crippen molar-refractivity contribution >= 4 is 5.97 Å². The van der Waals surface area contributed by atoms with E-state index in [0.717, 1.165) is 12.0 Å². The Morgan fingerprint density at radius 1 is 1.06 bits per heavy atom. The molecule has 0 aliphatic heterocycles. The van der Waals surface area contributed by atoms with Gasteiger partial charge in [-0.15, -0.1) is 0 Å². The summed E-state index contributed by atoms with van der Waals surface area (Å²) < 4.78 is 0. The molecule has 0 saturated heterocycles. The van der Waals surface area contributed by atoms with Crippen LogP contribution in [0.25, 0.3) is 0 Å². The number of hydrogen-bond acceptors (Lipinski definition) is 1. The molecule has 0 aromatic carbocycles. The summed E-state index contributed by atoms with van der Waals surface area (Å²) in [5, 5.41) is 8.52. The third-order valence-electron chi connectivity index (χ3n) is 2.71. The highest BCUT2D eigenvalue weighted by Crippen LogP contribution is 2.09. The van der Waals surface area contributed by atoms with Crippen LogP contribution in [0.3, 0.4) is 0 Å². The Morgan fingerprint density at radius 2 is 1.65 bits per heavy atom. The fraction of sp³-hybridized carbons (Fsp3) is 0.667. The number of aliphatic carboxylic acids is 1. The molecule has 0 heterocycles. The number of carbonyl (C=O) groups is 1. The van der Waals surface area contributed by atoms with Gasteiger partial charge >= 0.3 is 5.97 Å². The van der Waals surface area contributed by atoms with Gasteiger partial charge in [0.1, 0.15) is 0 Å². The molecule has 98 valence electrons. The summed E-state index contributed by atoms with van der Waals surface area (Å²) in [5.41, 5.74) is 0.806. The van der Waals surface area contributed by atoms with Crippen molar-refractivity contribution in [3.05, 3.63) is 23.8 Å². The largest absolute Gasteiger partial charge is 0.478 e. The molecule has 0 radical (unpaired) electrons. The maximum atomic E-state index is 10.4. The van der Waals surface area contributed by atoms with Crippen LogP contribution in [0.5, 0.6) is 0 Å². The van der Waals surface area contributed by atoms with Crippen molar-refractivity contribution in [1.82, 2.24) is 0 Å². The maximum absolute atomic E-state index is 10.4. The molecule has 0 unspecified atom stereocenters. The Balaban J connectivity index is 3.39. The first-order valence-corrected chi connectivity index (χ1v) is 6.74. The molecule has 0 aromatic heterocycles. The van der Waals surface area contributed by atoms with Crippen molar-refractivity contribution in [2.45, 2.75) is 65.2 Å². The zero-order valence-electron chi connectivity index (χ0n) is 11.2. The molecule has 0 aromatic rings. The molecule has 0 aliphatic rings. The average Bonchev–Trinajstić information content (AvgIpc) is 2.26. The lowest BCUT2D eigenvalue weighted by Gasteiger charge is -1.98. The molecule has 1 N–H and O–H groups in total. The quantitative estimate of drug-likeness (QED) is 0.340. The fourth-order valence-corrected chi connectivity index (χ4v) is 1.73. The van der Waals surface area contributed by atoms with Gasteiger partial charge in [0.2, 0.25) is 0 Å². The monoisotopic (exact) mass is 238 g/mol. The van der Waals surface area contributed by atoms with E-state index in [1.165, 1.54) is 51.0 Å². The summed E-state index contributed by atoms with van der Waals surface area (Å²) in [5.74, 6) is -0.872. The maximum Gasteiger partial charge on any atom is 0.328 e. The molecule has 17 heavy (non-hydrogen) atoms. The van der Waals surface area contributed by atoms with Crippen LogP contribution >= 0.6 is 0 Å². The minimum atomic E-state index is -0.872. The first-order valence-electron chi connectivity index (χ1n) is 6.74. The number of allylic oxidation sites excluding steroid dienone is 3. The average molecular weight is 238 g/mol. The highest BCUT2D eigenvalue weighted by Gasteiger charge is 1.91. The molecular weight excluding hydrogens is 212 g/mol. The van der Waals surface area contributed by atoms with Gasteiger partial charge in [0.15, 0.2) is 0 Å². The van der Waals surface area contributed by atoms with E-state index in [1.54, 1.807) is 0 Å². The highest BCUT2D eigenvalue weighted by molar-refractivity contribution is 5.81. The van der Waals surface area contributed by atoms with Gasteiger partial charge in [0.05, 0.1) is 0 Å². The minimum Gasteiger partial charge on any atom is -0.478 e. The highest BCUT2D eigenvalue weighted by atomic mass is 16.4. The summed E-state index contributed by atoms with van der Waals surface area (Å²) in [7, 11) is 0. The van der Waals surface area contributed by atoms with E-state index >= 15 is 0 Å². The third-order valence-corrected chi connectivity index (χ3v) is 2.71. The predicted molar refractivity (Wildman–Crippen MR) is 73.1 cm³/mol. The fourth-order valence-electron chi connectivity index (χ4n) is 1.73. The number of unbranched alkanes of at least 4 members (excludes halogenated alkanes) is 7. The van der Waals surface area contributed by atoms with Gasteiger partial charge in [-0.2, -0.15) is 0 Å². The van der Waals surface area contributed by atoms with E-state index in [0.29, 0.717) is 0 Å². The van der Waals surface area contributed by atoms with Gasteiger partial charge in [0.25, 0.3) is 0 Å². The Bertz CT molecular complexity index is 252. The van der Waals surface area contributed by atoms with Crippen LogP contribution in [-0.2, 0) is 4.79 Å². The van der Waals surface area contributed by atoms with Crippen LogP contribution in [-0.4, -0.2) is 11.1 Å². The number of carboxylic acid groups (broad SMARTS) is 1. The molecule has 0 amide bonds. The Morgan fingerprint density at radius 3 is 2.24 bits per heavy atom. The first kappa shape index (κ1) is 16.0. The summed E-state index contributed by atoms with van der Waals surface area (Å²) in [6, 6.07) is 0. The van der Waals surface area contributed by atoms with E-state index < -0.39 is 5.97 Å². The van der Waals surface area contributed by atoms with Crippen LogP contribution in [0.2, 0.25) is 0 Å². The summed E-state index contributed by atoms with van der Waals surface area (Å²) in [6.07, 6.45) is 15.5. The molecule has 0 fully saturated rings. The minimum absolute atomic E-state index is 0.806.